The maximum absolute atomic E-state index is 14.5. The lowest BCUT2D eigenvalue weighted by molar-refractivity contribution is -0.133. The maximum Gasteiger partial charge on any atom is 0.252 e. The average molecular weight is 582 g/mol. The molecular formula is C29H23ClF3N5O3. The van der Waals surface area contributed by atoms with Crippen molar-refractivity contribution >= 4 is 40.8 Å². The fourth-order valence-electron chi connectivity index (χ4n) is 5.19. The third kappa shape index (κ3) is 5.60. The number of halogens is 4. The molecule has 1 saturated heterocycles. The number of aromatic nitrogens is 1. The summed E-state index contributed by atoms with van der Waals surface area (Å²) < 4.78 is 41.7. The number of alkyl halides is 2. The van der Waals surface area contributed by atoms with Gasteiger partial charge in [-0.15, -0.1) is 0 Å². The molecule has 0 radical (unpaired) electrons. The molecule has 1 aromatic heterocycles. The van der Waals surface area contributed by atoms with E-state index >= 15 is 0 Å². The molecule has 1 N–H and O–H groups in total. The van der Waals surface area contributed by atoms with Gasteiger partial charge in [0.1, 0.15) is 24.0 Å². The lowest BCUT2D eigenvalue weighted by Crippen LogP contribution is -2.56. The van der Waals surface area contributed by atoms with Gasteiger partial charge in [-0.25, -0.2) is 18.2 Å². The summed E-state index contributed by atoms with van der Waals surface area (Å²) in [6.07, 6.45) is 0.223. The molecule has 1 aliphatic heterocycles. The number of carbonyl (C=O) groups excluding carboxylic acids is 3. The number of nitriles is 1. The van der Waals surface area contributed by atoms with Crippen molar-refractivity contribution in [2.24, 2.45) is 0 Å². The van der Waals surface area contributed by atoms with Crippen LogP contribution in [-0.2, 0) is 14.4 Å². The number of anilines is 2. The molecule has 0 bridgehead atoms. The van der Waals surface area contributed by atoms with Crippen LogP contribution >= 0.6 is 11.6 Å². The Morgan fingerprint density at radius 3 is 2.59 bits per heavy atom. The minimum absolute atomic E-state index is 0.0187. The molecule has 2 heterocycles. The number of carbonyl (C=O) groups is 3. The summed E-state index contributed by atoms with van der Waals surface area (Å²) in [5, 5.41) is 12.3. The molecule has 0 spiro atoms. The number of hydrogen-bond acceptors (Lipinski definition) is 5. The van der Waals surface area contributed by atoms with Crippen molar-refractivity contribution in [2.45, 2.75) is 49.7 Å². The molecule has 5 rings (SSSR count). The third-order valence-electron chi connectivity index (χ3n) is 7.10. The molecule has 1 unspecified atom stereocenters. The van der Waals surface area contributed by atoms with Crippen LogP contribution in [0, 0.1) is 17.1 Å². The van der Waals surface area contributed by atoms with Gasteiger partial charge in [-0.1, -0.05) is 35.9 Å². The zero-order chi connectivity index (χ0) is 29.3. The van der Waals surface area contributed by atoms with Gasteiger partial charge in [0.25, 0.3) is 11.8 Å². The largest absolute Gasteiger partial charge is 0.351 e. The minimum Gasteiger partial charge on any atom is -0.351 e. The first-order valence-corrected chi connectivity index (χ1v) is 13.2. The van der Waals surface area contributed by atoms with E-state index in [1.165, 1.54) is 42.6 Å². The number of amides is 3. The van der Waals surface area contributed by atoms with Crippen LogP contribution in [0.5, 0.6) is 0 Å². The average Bonchev–Trinajstić information content (AvgIpc) is 3.31. The van der Waals surface area contributed by atoms with Crippen LogP contribution in [0.2, 0.25) is 5.02 Å². The summed E-state index contributed by atoms with van der Waals surface area (Å²) in [4.78, 5) is 47.6. The summed E-state index contributed by atoms with van der Waals surface area (Å²) >= 11 is 6.48. The van der Waals surface area contributed by atoms with Crippen molar-refractivity contribution < 1.29 is 27.6 Å². The molecule has 2 aliphatic rings. The Morgan fingerprint density at radius 1 is 1.15 bits per heavy atom. The standard InChI is InChI=1S/C29H23ClF3N5O3/c30-22-9-2-1-8-21(22)25(27(40)36-19-14-29(32,33)15-19)37(20-7-3-6-18(31)13-20)28(41)23-10-11-24(39)38(23)26-17(16-34)5-4-12-35-26/h1-9,12-13,19,23,25H,10-11,14-15H2,(H,36,40)/t23?,25-/m0/s1. The molecule has 3 aromatic rings. The minimum atomic E-state index is -2.91. The van der Waals surface area contributed by atoms with Crippen molar-refractivity contribution in [2.75, 3.05) is 9.80 Å². The highest BCUT2D eigenvalue weighted by Gasteiger charge is 2.48. The first kappa shape index (κ1) is 28.1. The van der Waals surface area contributed by atoms with Crippen LogP contribution in [0.25, 0.3) is 0 Å². The van der Waals surface area contributed by atoms with Crippen LogP contribution in [0.1, 0.15) is 42.9 Å². The van der Waals surface area contributed by atoms with Gasteiger partial charge in [0.15, 0.2) is 5.82 Å². The smallest absolute Gasteiger partial charge is 0.252 e. The fourth-order valence-corrected chi connectivity index (χ4v) is 5.43. The van der Waals surface area contributed by atoms with E-state index in [4.69, 9.17) is 11.6 Å². The number of hydrogen-bond donors (Lipinski definition) is 1. The van der Waals surface area contributed by atoms with Gasteiger partial charge in [-0.2, -0.15) is 5.26 Å². The quantitative estimate of drug-likeness (QED) is 0.426. The number of rotatable bonds is 7. The highest BCUT2D eigenvalue weighted by Crippen LogP contribution is 2.40. The number of nitrogens with zero attached hydrogens (tertiary/aromatic N) is 4. The van der Waals surface area contributed by atoms with E-state index in [2.05, 4.69) is 10.3 Å². The van der Waals surface area contributed by atoms with Gasteiger partial charge in [0.05, 0.1) is 5.56 Å². The maximum atomic E-state index is 14.5. The Labute approximate surface area is 238 Å². The van der Waals surface area contributed by atoms with E-state index in [0.29, 0.717) is 0 Å². The zero-order valence-corrected chi connectivity index (χ0v) is 22.2. The molecule has 1 aliphatic carbocycles. The summed E-state index contributed by atoms with van der Waals surface area (Å²) in [5.74, 6) is -5.67. The number of nitrogens with one attached hydrogen (secondary N) is 1. The molecule has 12 heteroatoms. The molecule has 2 atom stereocenters. The topological polar surface area (TPSA) is 106 Å². The first-order chi connectivity index (χ1) is 19.6. The molecule has 3 amide bonds. The van der Waals surface area contributed by atoms with Crippen LogP contribution < -0.4 is 15.1 Å². The van der Waals surface area contributed by atoms with Crippen molar-refractivity contribution in [1.29, 1.82) is 5.26 Å². The Hall–Kier alpha value is -4.43. The van der Waals surface area contributed by atoms with Gasteiger partial charge in [-0.3, -0.25) is 24.2 Å². The third-order valence-corrected chi connectivity index (χ3v) is 7.44. The predicted molar refractivity (Wildman–Crippen MR) is 144 cm³/mol. The molecule has 2 fully saturated rings. The van der Waals surface area contributed by atoms with Gasteiger partial charge < -0.3 is 5.32 Å². The highest BCUT2D eigenvalue weighted by atomic mass is 35.5. The lowest BCUT2D eigenvalue weighted by Gasteiger charge is -2.39. The summed E-state index contributed by atoms with van der Waals surface area (Å²) in [7, 11) is 0. The first-order valence-electron chi connectivity index (χ1n) is 12.8. The molecular weight excluding hydrogens is 559 g/mol. The number of pyridine rings is 1. The van der Waals surface area contributed by atoms with Crippen LogP contribution in [0.4, 0.5) is 24.7 Å². The van der Waals surface area contributed by atoms with Crippen LogP contribution in [0.15, 0.2) is 66.9 Å². The zero-order valence-electron chi connectivity index (χ0n) is 21.4. The van der Waals surface area contributed by atoms with E-state index in [0.717, 1.165) is 21.9 Å². The van der Waals surface area contributed by atoms with Crippen molar-refractivity contribution in [1.82, 2.24) is 10.3 Å². The Balaban J connectivity index is 1.62. The van der Waals surface area contributed by atoms with E-state index in [1.54, 1.807) is 12.1 Å². The Bertz CT molecular complexity index is 1550. The Kier molecular flexibility index (Phi) is 7.69. The fraction of sp³-hybridized carbons (Fsp3) is 0.276. The second-order valence-corrected chi connectivity index (χ2v) is 10.3. The van der Waals surface area contributed by atoms with Crippen molar-refractivity contribution in [3.8, 4) is 6.07 Å². The molecule has 8 nitrogen and oxygen atoms in total. The molecule has 41 heavy (non-hydrogen) atoms. The van der Waals surface area contributed by atoms with Gasteiger partial charge >= 0.3 is 0 Å². The summed E-state index contributed by atoms with van der Waals surface area (Å²) in [6, 6.07) is 12.5. The summed E-state index contributed by atoms with van der Waals surface area (Å²) in [5.41, 5.74) is 0.209. The summed E-state index contributed by atoms with van der Waals surface area (Å²) in [6.45, 7) is 0. The van der Waals surface area contributed by atoms with E-state index < -0.39 is 60.4 Å². The van der Waals surface area contributed by atoms with Crippen molar-refractivity contribution in [3.05, 3.63) is 88.8 Å². The second kappa shape index (κ2) is 11.2. The second-order valence-electron chi connectivity index (χ2n) is 9.89. The van der Waals surface area contributed by atoms with Crippen LogP contribution in [0.3, 0.4) is 0 Å². The van der Waals surface area contributed by atoms with Gasteiger partial charge in [0.2, 0.25) is 11.8 Å². The molecule has 1 saturated carbocycles. The highest BCUT2D eigenvalue weighted by molar-refractivity contribution is 6.31. The molecule has 210 valence electrons. The normalized spacial score (nSPS) is 18.8. The van der Waals surface area contributed by atoms with Gasteiger partial charge in [0, 0.05) is 47.8 Å². The number of benzene rings is 2. The lowest BCUT2D eigenvalue weighted by atomic mass is 9.87. The van der Waals surface area contributed by atoms with Gasteiger partial charge in [-0.05, 0) is 42.8 Å². The van der Waals surface area contributed by atoms with E-state index in [-0.39, 0.29) is 40.5 Å². The Morgan fingerprint density at radius 2 is 1.90 bits per heavy atom. The molecule has 2 aromatic carbocycles. The monoisotopic (exact) mass is 581 g/mol. The van der Waals surface area contributed by atoms with Crippen LogP contribution in [-0.4, -0.2) is 40.7 Å². The predicted octanol–water partition coefficient (Wildman–Crippen LogP) is 4.93. The van der Waals surface area contributed by atoms with E-state index in [9.17, 15) is 32.8 Å². The SMILES string of the molecule is N#Cc1cccnc1N1C(=O)CCC1C(=O)N(c1cccc(F)c1)[C@H](C(=O)NC1CC(F)(F)C1)c1ccccc1Cl. The van der Waals surface area contributed by atoms with Crippen molar-refractivity contribution in [3.63, 3.8) is 0 Å². The van der Waals surface area contributed by atoms with E-state index in [1.807, 2.05) is 6.07 Å².